The molecular formula is C23H17NO3S. The Bertz CT molecular complexity index is 1130. The van der Waals surface area contributed by atoms with Gasteiger partial charge in [-0.3, -0.25) is 14.4 Å². The Morgan fingerprint density at radius 2 is 1.46 bits per heavy atom. The number of hydrogen-bond donors (Lipinski definition) is 1. The van der Waals surface area contributed by atoms with E-state index in [1.54, 1.807) is 42.7 Å². The Morgan fingerprint density at radius 3 is 2.11 bits per heavy atom. The van der Waals surface area contributed by atoms with E-state index < -0.39 is 0 Å². The number of nitrogens with one attached hydrogen (secondary N) is 1. The van der Waals surface area contributed by atoms with Crippen molar-refractivity contribution in [2.45, 2.75) is 11.8 Å². The first-order valence-corrected chi connectivity index (χ1v) is 10.0. The number of benzene rings is 3. The normalized spacial score (nSPS) is 12.4. The third-order valence-corrected chi connectivity index (χ3v) is 5.64. The molecule has 0 aromatic heterocycles. The summed E-state index contributed by atoms with van der Waals surface area (Å²) in [5.74, 6) is -0.722. The van der Waals surface area contributed by atoms with E-state index in [1.165, 1.54) is 11.8 Å². The molecule has 0 saturated carbocycles. The first-order chi connectivity index (χ1) is 13.5. The summed E-state index contributed by atoms with van der Waals surface area (Å²) in [6, 6.07) is 17.5. The van der Waals surface area contributed by atoms with Crippen LogP contribution in [-0.4, -0.2) is 23.7 Å². The molecule has 0 atom stereocenters. The first kappa shape index (κ1) is 18.2. The minimum Gasteiger partial charge on any atom is -0.322 e. The minimum atomic E-state index is -0.310. The second-order valence-electron chi connectivity index (χ2n) is 6.59. The van der Waals surface area contributed by atoms with Gasteiger partial charge in [-0.2, -0.15) is 0 Å². The Labute approximate surface area is 167 Å². The van der Waals surface area contributed by atoms with Crippen molar-refractivity contribution in [3.63, 3.8) is 0 Å². The minimum absolute atomic E-state index is 0.189. The van der Waals surface area contributed by atoms with Gasteiger partial charge in [0.2, 0.25) is 0 Å². The quantitative estimate of drug-likeness (QED) is 0.516. The average Bonchev–Trinajstić information content (AvgIpc) is 2.72. The molecule has 0 spiro atoms. The number of aryl methyl sites for hydroxylation is 1. The van der Waals surface area contributed by atoms with Gasteiger partial charge in [-0.1, -0.05) is 42.0 Å². The first-order valence-electron chi connectivity index (χ1n) is 8.78. The number of hydrogen-bond acceptors (Lipinski definition) is 4. The zero-order valence-electron chi connectivity index (χ0n) is 15.4. The molecule has 0 aliphatic heterocycles. The van der Waals surface area contributed by atoms with E-state index in [9.17, 15) is 14.4 Å². The molecule has 1 N–H and O–H groups in total. The number of fused-ring (bicyclic) bond motifs is 2. The fraction of sp³-hybridized carbons (Fsp3) is 0.0870. The lowest BCUT2D eigenvalue weighted by Gasteiger charge is -2.21. The van der Waals surface area contributed by atoms with Gasteiger partial charge in [0.15, 0.2) is 11.6 Å². The van der Waals surface area contributed by atoms with Gasteiger partial charge in [-0.05, 0) is 37.4 Å². The van der Waals surface area contributed by atoms with Crippen LogP contribution in [0.4, 0.5) is 5.69 Å². The van der Waals surface area contributed by atoms with Crippen LogP contribution in [0.2, 0.25) is 0 Å². The Morgan fingerprint density at radius 1 is 0.821 bits per heavy atom. The van der Waals surface area contributed by atoms with Crippen molar-refractivity contribution in [1.29, 1.82) is 0 Å². The summed E-state index contributed by atoms with van der Waals surface area (Å²) in [5, 5.41) is 2.86. The van der Waals surface area contributed by atoms with Crippen LogP contribution >= 0.6 is 11.8 Å². The van der Waals surface area contributed by atoms with Crippen LogP contribution < -0.4 is 5.32 Å². The molecule has 1 aliphatic carbocycles. The number of anilines is 1. The summed E-state index contributed by atoms with van der Waals surface area (Å²) in [5.41, 5.74) is 3.60. The average molecular weight is 387 g/mol. The third-order valence-electron chi connectivity index (χ3n) is 4.80. The van der Waals surface area contributed by atoms with Crippen molar-refractivity contribution in [2.24, 2.45) is 0 Å². The number of amides is 1. The highest BCUT2D eigenvalue weighted by Crippen LogP contribution is 2.35. The summed E-state index contributed by atoms with van der Waals surface area (Å²) in [4.78, 5) is 39.4. The predicted octanol–water partition coefficient (Wildman–Crippen LogP) is 4.74. The van der Waals surface area contributed by atoms with Gasteiger partial charge in [-0.25, -0.2) is 0 Å². The molecule has 0 heterocycles. The second-order valence-corrected chi connectivity index (χ2v) is 7.41. The Kier molecular flexibility index (Phi) is 4.61. The zero-order valence-corrected chi connectivity index (χ0v) is 16.2. The number of thioether (sulfide) groups is 1. The molecular weight excluding hydrogens is 370 g/mol. The summed E-state index contributed by atoms with van der Waals surface area (Å²) in [6.45, 7) is 1.97. The third kappa shape index (κ3) is 2.94. The van der Waals surface area contributed by atoms with Crippen LogP contribution in [0.3, 0.4) is 0 Å². The Hall–Kier alpha value is -3.18. The van der Waals surface area contributed by atoms with E-state index in [4.69, 9.17) is 0 Å². The van der Waals surface area contributed by atoms with Crippen molar-refractivity contribution < 1.29 is 14.4 Å². The van der Waals surface area contributed by atoms with Gasteiger partial charge >= 0.3 is 0 Å². The molecule has 4 nitrogen and oxygen atoms in total. The molecule has 0 bridgehead atoms. The highest BCUT2D eigenvalue weighted by molar-refractivity contribution is 7.98. The molecule has 0 radical (unpaired) electrons. The number of carbonyl (C=O) groups excluding carboxylic acids is 3. The van der Waals surface area contributed by atoms with E-state index in [2.05, 4.69) is 5.32 Å². The van der Waals surface area contributed by atoms with Crippen LogP contribution in [-0.2, 0) is 0 Å². The summed E-state index contributed by atoms with van der Waals surface area (Å²) in [7, 11) is 0. The molecule has 4 rings (SSSR count). The maximum absolute atomic E-state index is 13.1. The number of ketones is 2. The Balaban J connectivity index is 1.79. The lowest BCUT2D eigenvalue weighted by molar-refractivity contribution is 0.0975. The molecule has 3 aromatic rings. The number of rotatable bonds is 3. The monoisotopic (exact) mass is 387 g/mol. The van der Waals surface area contributed by atoms with Crippen molar-refractivity contribution in [1.82, 2.24) is 0 Å². The summed E-state index contributed by atoms with van der Waals surface area (Å²) in [6.07, 6.45) is 1.80. The van der Waals surface area contributed by atoms with Crippen LogP contribution in [0.15, 0.2) is 65.6 Å². The molecule has 5 heteroatoms. The summed E-state index contributed by atoms with van der Waals surface area (Å²) >= 11 is 1.30. The van der Waals surface area contributed by atoms with Gasteiger partial charge in [-0.15, -0.1) is 11.8 Å². The van der Waals surface area contributed by atoms with Crippen molar-refractivity contribution in [3.05, 3.63) is 94.0 Å². The number of carbonyl (C=O) groups is 3. The molecule has 3 aromatic carbocycles. The summed E-state index contributed by atoms with van der Waals surface area (Å²) < 4.78 is 0. The van der Waals surface area contributed by atoms with Gasteiger partial charge in [0.05, 0.1) is 5.56 Å². The molecule has 138 valence electrons. The lowest BCUT2D eigenvalue weighted by atomic mass is 9.83. The van der Waals surface area contributed by atoms with Gasteiger partial charge in [0.1, 0.15) is 0 Å². The topological polar surface area (TPSA) is 63.2 Å². The maximum atomic E-state index is 13.1. The highest BCUT2D eigenvalue weighted by Gasteiger charge is 2.33. The van der Waals surface area contributed by atoms with Gasteiger partial charge < -0.3 is 5.32 Å². The van der Waals surface area contributed by atoms with Crippen LogP contribution in [0.1, 0.15) is 47.8 Å². The van der Waals surface area contributed by atoms with Crippen LogP contribution in [0.5, 0.6) is 0 Å². The fourth-order valence-corrected chi connectivity index (χ4v) is 4.17. The van der Waals surface area contributed by atoms with E-state index >= 15 is 0 Å². The smallest absolute Gasteiger partial charge is 0.256 e. The molecule has 0 saturated heterocycles. The molecule has 1 amide bonds. The van der Waals surface area contributed by atoms with Crippen molar-refractivity contribution in [3.8, 4) is 0 Å². The fourth-order valence-electron chi connectivity index (χ4n) is 3.38. The van der Waals surface area contributed by atoms with Crippen molar-refractivity contribution >= 4 is 34.9 Å². The lowest BCUT2D eigenvalue weighted by Crippen LogP contribution is -2.24. The molecule has 1 aliphatic rings. The molecule has 0 unspecified atom stereocenters. The van der Waals surface area contributed by atoms with E-state index in [0.29, 0.717) is 38.4 Å². The second kappa shape index (κ2) is 7.09. The van der Waals surface area contributed by atoms with E-state index in [1.807, 2.05) is 31.2 Å². The van der Waals surface area contributed by atoms with E-state index in [0.717, 1.165) is 5.56 Å². The maximum Gasteiger partial charge on any atom is 0.256 e. The van der Waals surface area contributed by atoms with Crippen LogP contribution in [0, 0.1) is 6.92 Å². The van der Waals surface area contributed by atoms with Crippen LogP contribution in [0.25, 0.3) is 0 Å². The molecule has 0 fully saturated rings. The standard InChI is InChI=1S/C23H17NO3S/c1-13-7-9-14(10-8-13)24-23(27)18-12-11-17-19(22(18)28-2)21(26)16-6-4-3-5-15(16)20(17)25/h3-12H,1-2H3,(H,24,27). The predicted molar refractivity (Wildman–Crippen MR) is 111 cm³/mol. The highest BCUT2D eigenvalue weighted by atomic mass is 32.2. The zero-order chi connectivity index (χ0) is 19.8. The van der Waals surface area contributed by atoms with Crippen molar-refractivity contribution in [2.75, 3.05) is 11.6 Å². The molecule has 28 heavy (non-hydrogen) atoms. The largest absolute Gasteiger partial charge is 0.322 e. The van der Waals surface area contributed by atoms with Gasteiger partial charge in [0, 0.05) is 32.8 Å². The SMILES string of the molecule is CSc1c(C(=O)Nc2ccc(C)cc2)ccc2c1C(=O)c1ccccc1C2=O. The van der Waals surface area contributed by atoms with E-state index in [-0.39, 0.29) is 17.5 Å². The van der Waals surface area contributed by atoms with Gasteiger partial charge in [0.25, 0.3) is 5.91 Å².